The summed E-state index contributed by atoms with van der Waals surface area (Å²) in [5, 5.41) is 4.83. The molecule has 0 unspecified atom stereocenters. The molecule has 112 valence electrons. The number of hydrogen-bond donors (Lipinski definition) is 1. The number of hydrogen-bond acceptors (Lipinski definition) is 2. The first-order valence-corrected chi connectivity index (χ1v) is 8.77. The van der Waals surface area contributed by atoms with E-state index in [1.165, 1.54) is 11.3 Å². The molecular weight excluding hydrogens is 405 g/mol. The van der Waals surface area contributed by atoms with Crippen molar-refractivity contribution in [1.82, 2.24) is 0 Å². The molecule has 1 heterocycles. The average molecular weight is 415 g/mol. The molecule has 2 aromatic carbocycles. The Bertz CT molecular complexity index is 891. The predicted molar refractivity (Wildman–Crippen MR) is 98.7 cm³/mol. The van der Waals surface area contributed by atoms with Crippen molar-refractivity contribution in [3.05, 3.63) is 61.4 Å². The minimum atomic E-state index is -0.215. The van der Waals surface area contributed by atoms with Crippen LogP contribution in [0, 0.1) is 6.92 Å². The van der Waals surface area contributed by atoms with E-state index in [1.54, 1.807) is 6.07 Å². The van der Waals surface area contributed by atoms with Crippen molar-refractivity contribution in [2.45, 2.75) is 6.92 Å². The third-order valence-corrected chi connectivity index (χ3v) is 5.62. The maximum Gasteiger partial charge on any atom is 0.267 e. The van der Waals surface area contributed by atoms with Crippen molar-refractivity contribution in [1.29, 1.82) is 0 Å². The van der Waals surface area contributed by atoms with E-state index in [0.29, 0.717) is 14.9 Å². The van der Waals surface area contributed by atoms with Crippen molar-refractivity contribution in [3.63, 3.8) is 0 Å². The van der Waals surface area contributed by atoms with Gasteiger partial charge in [0.05, 0.1) is 5.02 Å². The lowest BCUT2D eigenvalue weighted by Gasteiger charge is -2.08. The van der Waals surface area contributed by atoms with E-state index in [-0.39, 0.29) is 5.91 Å². The third kappa shape index (κ3) is 3.01. The molecule has 3 aromatic rings. The van der Waals surface area contributed by atoms with E-state index in [2.05, 4.69) is 21.2 Å². The van der Waals surface area contributed by atoms with Crippen LogP contribution in [0.5, 0.6) is 0 Å². The zero-order chi connectivity index (χ0) is 15.9. The quantitative estimate of drug-likeness (QED) is 0.507. The number of benzene rings is 2. The summed E-state index contributed by atoms with van der Waals surface area (Å²) in [4.78, 5) is 13.0. The molecule has 2 nitrogen and oxygen atoms in total. The number of aryl methyl sites for hydroxylation is 1. The molecule has 0 spiro atoms. The summed E-state index contributed by atoms with van der Waals surface area (Å²) in [6, 6.07) is 11.1. The van der Waals surface area contributed by atoms with Crippen molar-refractivity contribution in [2.24, 2.45) is 0 Å². The van der Waals surface area contributed by atoms with E-state index >= 15 is 0 Å². The number of anilines is 1. The molecule has 0 atom stereocenters. The Balaban J connectivity index is 1.97. The van der Waals surface area contributed by atoms with Gasteiger partial charge in [0.25, 0.3) is 5.91 Å². The van der Waals surface area contributed by atoms with Gasteiger partial charge in [0.15, 0.2) is 0 Å². The molecule has 0 aliphatic carbocycles. The van der Waals surface area contributed by atoms with Crippen LogP contribution in [-0.2, 0) is 0 Å². The second-order valence-corrected chi connectivity index (χ2v) is 7.58. The van der Waals surface area contributed by atoms with Crippen molar-refractivity contribution in [2.75, 3.05) is 5.32 Å². The Labute approximate surface area is 150 Å². The highest BCUT2D eigenvalue weighted by Crippen LogP contribution is 2.37. The number of thiophene rings is 1. The van der Waals surface area contributed by atoms with Gasteiger partial charge in [-0.15, -0.1) is 11.3 Å². The number of rotatable bonds is 2. The minimum absolute atomic E-state index is 0.215. The SMILES string of the molecule is Cc1cc(Br)ccc1NC(=O)c1sc2cc(Cl)ccc2c1Cl. The van der Waals surface area contributed by atoms with Gasteiger partial charge >= 0.3 is 0 Å². The summed E-state index contributed by atoms with van der Waals surface area (Å²) in [5.41, 5.74) is 1.74. The maximum absolute atomic E-state index is 12.5. The normalized spacial score (nSPS) is 10.9. The number of nitrogens with one attached hydrogen (secondary N) is 1. The summed E-state index contributed by atoms with van der Waals surface area (Å²) in [6.07, 6.45) is 0. The molecule has 6 heteroatoms. The fraction of sp³-hybridized carbons (Fsp3) is 0.0625. The van der Waals surface area contributed by atoms with Gasteiger partial charge in [-0.25, -0.2) is 0 Å². The standard InChI is InChI=1S/C16H10BrCl2NOS/c1-8-6-9(17)2-5-12(8)20-16(21)15-14(19)11-4-3-10(18)7-13(11)22-15/h2-7H,1H3,(H,20,21). The topological polar surface area (TPSA) is 29.1 Å². The van der Waals surface area contributed by atoms with Crippen LogP contribution in [0.2, 0.25) is 10.0 Å². The zero-order valence-electron chi connectivity index (χ0n) is 11.4. The van der Waals surface area contributed by atoms with Gasteiger partial charge in [0.2, 0.25) is 0 Å². The van der Waals surface area contributed by atoms with Gasteiger partial charge in [-0.2, -0.15) is 0 Å². The first-order valence-electron chi connectivity index (χ1n) is 6.41. The molecule has 0 aliphatic heterocycles. The van der Waals surface area contributed by atoms with Gasteiger partial charge in [-0.1, -0.05) is 45.2 Å². The van der Waals surface area contributed by atoms with E-state index < -0.39 is 0 Å². The Hall–Kier alpha value is -1.07. The lowest BCUT2D eigenvalue weighted by molar-refractivity contribution is 0.103. The molecule has 0 fully saturated rings. The highest BCUT2D eigenvalue weighted by atomic mass is 79.9. The second-order valence-electron chi connectivity index (χ2n) is 4.80. The van der Waals surface area contributed by atoms with Crippen LogP contribution in [0.25, 0.3) is 10.1 Å². The number of fused-ring (bicyclic) bond motifs is 1. The van der Waals surface area contributed by atoms with Crippen LogP contribution in [0.15, 0.2) is 40.9 Å². The van der Waals surface area contributed by atoms with Gasteiger partial charge in [0, 0.05) is 25.3 Å². The molecule has 22 heavy (non-hydrogen) atoms. The van der Waals surface area contributed by atoms with Gasteiger partial charge in [-0.05, 0) is 42.8 Å². The fourth-order valence-electron chi connectivity index (χ4n) is 2.13. The molecule has 0 saturated carbocycles. The predicted octanol–water partition coefficient (Wildman–Crippen LogP) is 6.53. The molecule has 1 amide bonds. The molecule has 0 saturated heterocycles. The van der Waals surface area contributed by atoms with E-state index in [0.717, 1.165) is 25.8 Å². The van der Waals surface area contributed by atoms with Gasteiger partial charge in [-0.3, -0.25) is 4.79 Å². The van der Waals surface area contributed by atoms with Crippen LogP contribution in [0.4, 0.5) is 5.69 Å². The van der Waals surface area contributed by atoms with E-state index in [4.69, 9.17) is 23.2 Å². The first kappa shape index (κ1) is 15.8. The summed E-state index contributed by atoms with van der Waals surface area (Å²) in [7, 11) is 0. The fourth-order valence-corrected chi connectivity index (χ4v) is 4.30. The lowest BCUT2D eigenvalue weighted by Crippen LogP contribution is -2.11. The second kappa shape index (κ2) is 6.20. The summed E-state index contributed by atoms with van der Waals surface area (Å²) >= 11 is 17.1. The van der Waals surface area contributed by atoms with Crippen LogP contribution in [-0.4, -0.2) is 5.91 Å². The Morgan fingerprint density at radius 3 is 2.68 bits per heavy atom. The third-order valence-electron chi connectivity index (χ3n) is 3.23. The van der Waals surface area contributed by atoms with Crippen LogP contribution in [0.3, 0.4) is 0 Å². The maximum atomic E-state index is 12.5. The molecule has 1 N–H and O–H groups in total. The van der Waals surface area contributed by atoms with Crippen molar-refractivity contribution in [3.8, 4) is 0 Å². The Morgan fingerprint density at radius 1 is 1.18 bits per heavy atom. The van der Waals surface area contributed by atoms with Crippen molar-refractivity contribution < 1.29 is 4.79 Å². The molecule has 0 bridgehead atoms. The van der Waals surface area contributed by atoms with Gasteiger partial charge in [0.1, 0.15) is 4.88 Å². The highest BCUT2D eigenvalue weighted by Gasteiger charge is 2.18. The Morgan fingerprint density at radius 2 is 1.95 bits per heavy atom. The monoisotopic (exact) mass is 413 g/mol. The smallest absolute Gasteiger partial charge is 0.267 e. The highest BCUT2D eigenvalue weighted by molar-refractivity contribution is 9.10. The molecule has 0 radical (unpaired) electrons. The average Bonchev–Trinajstić information content (AvgIpc) is 2.78. The van der Waals surface area contributed by atoms with Crippen LogP contribution >= 0.6 is 50.5 Å². The largest absolute Gasteiger partial charge is 0.321 e. The first-order chi connectivity index (χ1) is 10.5. The molecule has 0 aliphatic rings. The summed E-state index contributed by atoms with van der Waals surface area (Å²) in [6.45, 7) is 1.94. The van der Waals surface area contributed by atoms with Crippen molar-refractivity contribution >= 4 is 72.1 Å². The lowest BCUT2D eigenvalue weighted by atomic mass is 10.2. The minimum Gasteiger partial charge on any atom is -0.321 e. The summed E-state index contributed by atoms with van der Waals surface area (Å²) in [5.74, 6) is -0.215. The van der Waals surface area contributed by atoms with Crippen LogP contribution in [0.1, 0.15) is 15.2 Å². The molecule has 1 aromatic heterocycles. The molecular formula is C16H10BrCl2NOS. The van der Waals surface area contributed by atoms with E-state index in [1.807, 2.05) is 37.3 Å². The van der Waals surface area contributed by atoms with E-state index in [9.17, 15) is 4.79 Å². The number of halogens is 3. The molecule has 3 rings (SSSR count). The number of carbonyl (C=O) groups is 1. The Kier molecular flexibility index (Phi) is 4.46. The van der Waals surface area contributed by atoms with Gasteiger partial charge < -0.3 is 5.32 Å². The summed E-state index contributed by atoms with van der Waals surface area (Å²) < 4.78 is 1.87. The van der Waals surface area contributed by atoms with Crippen LogP contribution < -0.4 is 5.32 Å². The number of carbonyl (C=O) groups excluding carboxylic acids is 1. The zero-order valence-corrected chi connectivity index (χ0v) is 15.3. The number of amides is 1.